The summed E-state index contributed by atoms with van der Waals surface area (Å²) in [5.74, 6) is 1.50. The Hall–Kier alpha value is -2.79. The van der Waals surface area contributed by atoms with Gasteiger partial charge in [0.15, 0.2) is 0 Å². The number of amides is 1. The lowest BCUT2D eigenvalue weighted by molar-refractivity contribution is 0.0680. The summed E-state index contributed by atoms with van der Waals surface area (Å²) in [5.41, 5.74) is 4.22. The van der Waals surface area contributed by atoms with Crippen LogP contribution in [0.1, 0.15) is 41.4 Å². The summed E-state index contributed by atoms with van der Waals surface area (Å²) in [7, 11) is 1.70. The van der Waals surface area contributed by atoms with Crippen LogP contribution in [0.2, 0.25) is 0 Å². The molecule has 2 aromatic carbocycles. The number of rotatable bonds is 7. The Morgan fingerprint density at radius 1 is 1.19 bits per heavy atom. The molecule has 0 radical (unpaired) electrons. The molecular weight excluding hydrogens is 386 g/mol. The molecule has 1 N–H and O–H groups in total. The molecular formula is C26H33N3O2. The highest BCUT2D eigenvalue weighted by Crippen LogP contribution is 2.23. The van der Waals surface area contributed by atoms with Crippen molar-refractivity contribution in [3.05, 3.63) is 65.4 Å². The fourth-order valence-corrected chi connectivity index (χ4v) is 4.63. The van der Waals surface area contributed by atoms with E-state index >= 15 is 0 Å². The Kier molecular flexibility index (Phi) is 6.62. The number of methoxy groups -OCH3 is 1. The lowest BCUT2D eigenvalue weighted by Crippen LogP contribution is -2.42. The molecule has 1 unspecified atom stereocenters. The van der Waals surface area contributed by atoms with Gasteiger partial charge in [0.2, 0.25) is 0 Å². The van der Waals surface area contributed by atoms with Gasteiger partial charge in [-0.3, -0.25) is 9.69 Å². The van der Waals surface area contributed by atoms with E-state index in [1.807, 2.05) is 23.1 Å². The summed E-state index contributed by atoms with van der Waals surface area (Å²) < 4.78 is 5.26. The number of ether oxygens (including phenoxy) is 1. The molecule has 2 heterocycles. The van der Waals surface area contributed by atoms with Crippen molar-refractivity contribution in [3.63, 3.8) is 0 Å². The average Bonchev–Trinajstić information content (AvgIpc) is 3.21. The zero-order chi connectivity index (χ0) is 21.8. The number of H-pyrrole nitrogens is 1. The van der Waals surface area contributed by atoms with Crippen molar-refractivity contribution in [1.82, 2.24) is 14.8 Å². The van der Waals surface area contributed by atoms with Crippen molar-refractivity contribution in [1.29, 1.82) is 0 Å². The first-order chi connectivity index (χ1) is 15.1. The Labute approximate surface area is 185 Å². The van der Waals surface area contributed by atoms with E-state index in [-0.39, 0.29) is 5.91 Å². The maximum absolute atomic E-state index is 13.2. The standard InChI is InChI=1S/C26H33N3O2/c1-4-29(26(30)25-15-22-10-7-19(2)14-24(22)27-25)18-21-6-5-13-28(17-21)16-20-8-11-23(31-3)12-9-20/h7-12,14-15,21,27H,4-6,13,16-18H2,1-3H3. The van der Waals surface area contributed by atoms with Crippen LogP contribution >= 0.6 is 0 Å². The predicted molar refractivity (Wildman–Crippen MR) is 126 cm³/mol. The van der Waals surface area contributed by atoms with E-state index < -0.39 is 0 Å². The summed E-state index contributed by atoms with van der Waals surface area (Å²) in [6, 6.07) is 16.6. The Bertz CT molecular complexity index is 1020. The number of aryl methyl sites for hydroxylation is 1. The molecule has 0 bridgehead atoms. The third-order valence-corrected chi connectivity index (χ3v) is 6.32. The lowest BCUT2D eigenvalue weighted by Gasteiger charge is -2.35. The molecule has 0 spiro atoms. The molecule has 1 amide bonds. The number of likely N-dealkylation sites (tertiary alicyclic amines) is 1. The van der Waals surface area contributed by atoms with Crippen LogP contribution in [0.4, 0.5) is 0 Å². The number of aromatic amines is 1. The summed E-state index contributed by atoms with van der Waals surface area (Å²) in [6.07, 6.45) is 2.35. The van der Waals surface area contributed by atoms with Crippen LogP contribution in [0, 0.1) is 12.8 Å². The molecule has 3 aromatic rings. The van der Waals surface area contributed by atoms with Gasteiger partial charge in [-0.25, -0.2) is 0 Å². The maximum Gasteiger partial charge on any atom is 0.270 e. The Morgan fingerprint density at radius 2 is 2.00 bits per heavy atom. The summed E-state index contributed by atoms with van der Waals surface area (Å²) in [4.78, 5) is 21.0. The van der Waals surface area contributed by atoms with E-state index in [0.29, 0.717) is 11.6 Å². The summed E-state index contributed by atoms with van der Waals surface area (Å²) in [6.45, 7) is 8.77. The zero-order valence-corrected chi connectivity index (χ0v) is 18.9. The molecule has 1 aliphatic rings. The molecule has 1 fully saturated rings. The lowest BCUT2D eigenvalue weighted by atomic mass is 9.96. The number of carbonyl (C=O) groups excluding carboxylic acids is 1. The minimum Gasteiger partial charge on any atom is -0.497 e. The molecule has 1 saturated heterocycles. The second-order valence-electron chi connectivity index (χ2n) is 8.71. The van der Waals surface area contributed by atoms with E-state index in [9.17, 15) is 4.79 Å². The summed E-state index contributed by atoms with van der Waals surface area (Å²) >= 11 is 0. The third kappa shape index (κ3) is 5.10. The van der Waals surface area contributed by atoms with Crippen molar-refractivity contribution in [3.8, 4) is 5.75 Å². The monoisotopic (exact) mass is 419 g/mol. The van der Waals surface area contributed by atoms with Gasteiger partial charge in [-0.1, -0.05) is 24.3 Å². The van der Waals surface area contributed by atoms with Gasteiger partial charge in [0.25, 0.3) is 5.91 Å². The molecule has 1 aromatic heterocycles. The first kappa shape index (κ1) is 21.4. The van der Waals surface area contributed by atoms with Crippen LogP contribution in [0.25, 0.3) is 10.9 Å². The van der Waals surface area contributed by atoms with Crippen LogP contribution in [-0.4, -0.2) is 54.0 Å². The first-order valence-electron chi connectivity index (χ1n) is 11.3. The smallest absolute Gasteiger partial charge is 0.270 e. The van der Waals surface area contributed by atoms with E-state index in [1.54, 1.807) is 7.11 Å². The van der Waals surface area contributed by atoms with Gasteiger partial charge in [-0.05, 0) is 74.5 Å². The SMILES string of the molecule is CCN(CC1CCCN(Cc2ccc(OC)cc2)C1)C(=O)c1cc2ccc(C)cc2[nH]1. The minimum atomic E-state index is 0.101. The van der Waals surface area contributed by atoms with Gasteiger partial charge >= 0.3 is 0 Å². The normalized spacial score (nSPS) is 17.1. The van der Waals surface area contributed by atoms with Gasteiger partial charge < -0.3 is 14.6 Å². The van der Waals surface area contributed by atoms with Gasteiger partial charge in [-0.2, -0.15) is 0 Å². The van der Waals surface area contributed by atoms with Crippen LogP contribution in [0.5, 0.6) is 5.75 Å². The largest absolute Gasteiger partial charge is 0.497 e. The molecule has 0 aliphatic carbocycles. The first-order valence-corrected chi connectivity index (χ1v) is 11.3. The Morgan fingerprint density at radius 3 is 2.74 bits per heavy atom. The van der Waals surface area contributed by atoms with Crippen LogP contribution in [-0.2, 0) is 6.54 Å². The molecule has 1 aliphatic heterocycles. The highest BCUT2D eigenvalue weighted by Gasteiger charge is 2.25. The number of nitrogens with zero attached hydrogens (tertiary/aromatic N) is 2. The number of benzene rings is 2. The molecule has 164 valence electrons. The van der Waals surface area contributed by atoms with Gasteiger partial charge in [-0.15, -0.1) is 0 Å². The van der Waals surface area contributed by atoms with E-state index in [4.69, 9.17) is 4.74 Å². The molecule has 0 saturated carbocycles. The fraction of sp³-hybridized carbons (Fsp3) is 0.423. The molecule has 4 rings (SSSR count). The molecule has 1 atom stereocenters. The van der Waals surface area contributed by atoms with Crippen molar-refractivity contribution in [2.24, 2.45) is 5.92 Å². The highest BCUT2D eigenvalue weighted by molar-refractivity contribution is 5.98. The van der Waals surface area contributed by atoms with Crippen molar-refractivity contribution in [2.45, 2.75) is 33.2 Å². The third-order valence-electron chi connectivity index (χ3n) is 6.32. The second kappa shape index (κ2) is 9.56. The number of aromatic nitrogens is 1. The zero-order valence-electron chi connectivity index (χ0n) is 18.9. The molecule has 31 heavy (non-hydrogen) atoms. The quantitative estimate of drug-likeness (QED) is 0.595. The maximum atomic E-state index is 13.2. The molecule has 5 nitrogen and oxygen atoms in total. The van der Waals surface area contributed by atoms with Gasteiger partial charge in [0.05, 0.1) is 7.11 Å². The van der Waals surface area contributed by atoms with Crippen molar-refractivity contribution < 1.29 is 9.53 Å². The number of hydrogen-bond donors (Lipinski definition) is 1. The minimum absolute atomic E-state index is 0.101. The van der Waals surface area contributed by atoms with Crippen molar-refractivity contribution in [2.75, 3.05) is 33.3 Å². The Balaban J connectivity index is 1.39. The van der Waals surface area contributed by atoms with Gasteiger partial charge in [0, 0.05) is 37.1 Å². The van der Waals surface area contributed by atoms with E-state index in [0.717, 1.165) is 49.4 Å². The number of piperidine rings is 1. The van der Waals surface area contributed by atoms with Crippen LogP contribution in [0.15, 0.2) is 48.5 Å². The highest BCUT2D eigenvalue weighted by atomic mass is 16.5. The predicted octanol–water partition coefficient (Wildman–Crippen LogP) is 4.86. The molecule has 5 heteroatoms. The number of carbonyl (C=O) groups is 1. The number of hydrogen-bond acceptors (Lipinski definition) is 3. The number of fused-ring (bicyclic) bond motifs is 1. The van der Waals surface area contributed by atoms with Crippen LogP contribution in [0.3, 0.4) is 0 Å². The van der Waals surface area contributed by atoms with Gasteiger partial charge in [0.1, 0.15) is 11.4 Å². The second-order valence-corrected chi connectivity index (χ2v) is 8.71. The summed E-state index contributed by atoms with van der Waals surface area (Å²) in [5, 5.41) is 1.09. The average molecular weight is 420 g/mol. The van der Waals surface area contributed by atoms with E-state index in [2.05, 4.69) is 54.1 Å². The fourth-order valence-electron chi connectivity index (χ4n) is 4.63. The van der Waals surface area contributed by atoms with E-state index in [1.165, 1.54) is 24.0 Å². The van der Waals surface area contributed by atoms with Crippen molar-refractivity contribution >= 4 is 16.8 Å². The van der Waals surface area contributed by atoms with Crippen LogP contribution < -0.4 is 4.74 Å². The number of nitrogens with one attached hydrogen (secondary N) is 1. The topological polar surface area (TPSA) is 48.6 Å².